The summed E-state index contributed by atoms with van der Waals surface area (Å²) in [7, 11) is 0. The van der Waals surface area contributed by atoms with Gasteiger partial charge in [0.25, 0.3) is 0 Å². The van der Waals surface area contributed by atoms with E-state index in [0.717, 1.165) is 44.5 Å². The van der Waals surface area contributed by atoms with Crippen LogP contribution in [0, 0.1) is 5.82 Å². The van der Waals surface area contributed by atoms with E-state index in [1.54, 1.807) is 24.4 Å². The van der Waals surface area contributed by atoms with Crippen LogP contribution in [-0.4, -0.2) is 39.2 Å². The second-order valence-corrected chi connectivity index (χ2v) is 7.96. The van der Waals surface area contributed by atoms with Crippen LogP contribution in [0.1, 0.15) is 24.4 Å². The van der Waals surface area contributed by atoms with Crippen molar-refractivity contribution in [2.45, 2.75) is 25.3 Å². The number of nitrogens with one attached hydrogen (secondary N) is 3. The van der Waals surface area contributed by atoms with Crippen LogP contribution < -0.4 is 16.0 Å². The quantitative estimate of drug-likeness (QED) is 0.405. The van der Waals surface area contributed by atoms with Crippen LogP contribution in [0.5, 0.6) is 0 Å². The van der Waals surface area contributed by atoms with Crippen molar-refractivity contribution in [3.63, 3.8) is 0 Å². The summed E-state index contributed by atoms with van der Waals surface area (Å²) in [5.41, 5.74) is 3.10. The van der Waals surface area contributed by atoms with Gasteiger partial charge in [-0.2, -0.15) is 4.98 Å². The van der Waals surface area contributed by atoms with Crippen molar-refractivity contribution in [1.82, 2.24) is 24.8 Å². The van der Waals surface area contributed by atoms with E-state index in [-0.39, 0.29) is 11.9 Å². The third-order valence-corrected chi connectivity index (χ3v) is 5.77. The number of anilines is 3. The van der Waals surface area contributed by atoms with Gasteiger partial charge >= 0.3 is 0 Å². The summed E-state index contributed by atoms with van der Waals surface area (Å²) in [6.07, 6.45) is 4.53. The number of nitrogens with zero attached hydrogens (tertiary/aromatic N) is 4. The maximum absolute atomic E-state index is 14.3. The van der Waals surface area contributed by atoms with Crippen LogP contribution in [0.3, 0.4) is 0 Å². The molecule has 0 bridgehead atoms. The minimum atomic E-state index is -0.314. The van der Waals surface area contributed by atoms with Gasteiger partial charge in [0.1, 0.15) is 11.3 Å². The SMILES string of the molecule is Fc1ccccc1Nc1nc2cnc(NCCc3ccccc3)nc2n1C1CCNCC1. The van der Waals surface area contributed by atoms with E-state index in [4.69, 9.17) is 9.97 Å². The molecule has 5 rings (SSSR count). The highest BCUT2D eigenvalue weighted by molar-refractivity contribution is 5.76. The summed E-state index contributed by atoms with van der Waals surface area (Å²) >= 11 is 0. The Kier molecular flexibility index (Phi) is 5.93. The highest BCUT2D eigenvalue weighted by atomic mass is 19.1. The lowest BCUT2D eigenvalue weighted by molar-refractivity contribution is 0.376. The van der Waals surface area contributed by atoms with Crippen molar-refractivity contribution in [2.75, 3.05) is 30.3 Å². The number of fused-ring (bicyclic) bond motifs is 1. The molecule has 3 heterocycles. The first kappa shape index (κ1) is 20.4. The van der Waals surface area contributed by atoms with E-state index < -0.39 is 0 Å². The van der Waals surface area contributed by atoms with Crippen molar-refractivity contribution < 1.29 is 4.39 Å². The molecule has 0 amide bonds. The summed E-state index contributed by atoms with van der Waals surface area (Å²) in [5.74, 6) is 0.847. The number of piperidine rings is 1. The number of benzene rings is 2. The van der Waals surface area contributed by atoms with Crippen molar-refractivity contribution in [2.24, 2.45) is 0 Å². The summed E-state index contributed by atoms with van der Waals surface area (Å²) in [6, 6.07) is 17.2. The topological polar surface area (TPSA) is 79.7 Å². The summed E-state index contributed by atoms with van der Waals surface area (Å²) < 4.78 is 16.4. The second-order valence-electron chi connectivity index (χ2n) is 7.96. The largest absolute Gasteiger partial charge is 0.354 e. The van der Waals surface area contributed by atoms with Crippen molar-refractivity contribution in [1.29, 1.82) is 0 Å². The van der Waals surface area contributed by atoms with Crippen LogP contribution in [0.4, 0.5) is 22.0 Å². The first-order chi connectivity index (χ1) is 15.8. The molecule has 1 fully saturated rings. The Hall–Kier alpha value is -3.52. The van der Waals surface area contributed by atoms with Crippen molar-refractivity contribution >= 4 is 28.7 Å². The molecule has 7 nitrogen and oxygen atoms in total. The molecule has 1 aliphatic rings. The molecule has 164 valence electrons. The van der Waals surface area contributed by atoms with Gasteiger partial charge in [-0.25, -0.2) is 14.4 Å². The molecule has 0 saturated carbocycles. The lowest BCUT2D eigenvalue weighted by Crippen LogP contribution is -2.30. The molecule has 32 heavy (non-hydrogen) atoms. The number of hydrogen-bond acceptors (Lipinski definition) is 6. The van der Waals surface area contributed by atoms with Crippen LogP contribution >= 0.6 is 0 Å². The highest BCUT2D eigenvalue weighted by Crippen LogP contribution is 2.31. The molecular formula is C24H26FN7. The first-order valence-corrected chi connectivity index (χ1v) is 11.0. The minimum Gasteiger partial charge on any atom is -0.354 e. The fourth-order valence-corrected chi connectivity index (χ4v) is 4.12. The Morgan fingerprint density at radius 3 is 2.59 bits per heavy atom. The van der Waals surface area contributed by atoms with Crippen molar-refractivity contribution in [3.05, 3.63) is 72.2 Å². The van der Waals surface area contributed by atoms with Gasteiger partial charge in [0.05, 0.1) is 11.9 Å². The lowest BCUT2D eigenvalue weighted by Gasteiger charge is -2.26. The van der Waals surface area contributed by atoms with Gasteiger partial charge in [-0.3, -0.25) is 4.57 Å². The smallest absolute Gasteiger partial charge is 0.224 e. The zero-order valence-electron chi connectivity index (χ0n) is 17.8. The van der Waals surface area contributed by atoms with E-state index in [0.29, 0.717) is 23.1 Å². The molecule has 0 unspecified atom stereocenters. The highest BCUT2D eigenvalue weighted by Gasteiger charge is 2.23. The number of rotatable bonds is 7. The monoisotopic (exact) mass is 431 g/mol. The minimum absolute atomic E-state index is 0.225. The average Bonchev–Trinajstić information content (AvgIpc) is 3.19. The Morgan fingerprint density at radius 2 is 1.78 bits per heavy atom. The predicted octanol–water partition coefficient (Wildman–Crippen LogP) is 4.29. The average molecular weight is 432 g/mol. The van der Waals surface area contributed by atoms with Crippen molar-refractivity contribution in [3.8, 4) is 0 Å². The van der Waals surface area contributed by atoms with Gasteiger partial charge in [-0.15, -0.1) is 0 Å². The lowest BCUT2D eigenvalue weighted by atomic mass is 10.1. The number of halogens is 1. The summed E-state index contributed by atoms with van der Waals surface area (Å²) in [5, 5.41) is 9.91. The van der Waals surface area contributed by atoms with E-state index in [1.807, 2.05) is 18.2 Å². The fraction of sp³-hybridized carbons (Fsp3) is 0.292. The van der Waals surface area contributed by atoms with Crippen LogP contribution in [-0.2, 0) is 6.42 Å². The molecule has 0 atom stereocenters. The van der Waals surface area contributed by atoms with Crippen LogP contribution in [0.2, 0.25) is 0 Å². The Labute approximate surface area is 186 Å². The number of aromatic nitrogens is 4. The number of imidazole rings is 1. The Balaban J connectivity index is 1.44. The van der Waals surface area contributed by atoms with Crippen LogP contribution in [0.15, 0.2) is 60.8 Å². The normalized spacial score (nSPS) is 14.5. The molecule has 1 saturated heterocycles. The Morgan fingerprint density at radius 1 is 1.00 bits per heavy atom. The van der Waals surface area contributed by atoms with Gasteiger partial charge in [-0.05, 0) is 50.0 Å². The van der Waals surface area contributed by atoms with E-state index >= 15 is 0 Å². The predicted molar refractivity (Wildman–Crippen MR) is 125 cm³/mol. The standard InChI is InChI=1S/C24H26FN7/c25-19-8-4-5-9-20(19)29-24-30-21-16-28-23(27-15-10-17-6-2-1-3-7-17)31-22(21)32(24)18-11-13-26-14-12-18/h1-9,16,18,26H,10-15H2,(H,29,30)(H,27,28,31). The number of para-hydroxylation sites is 1. The zero-order chi connectivity index (χ0) is 21.8. The summed E-state index contributed by atoms with van der Waals surface area (Å²) in [6.45, 7) is 2.59. The van der Waals surface area contributed by atoms with Gasteiger partial charge < -0.3 is 16.0 Å². The molecule has 2 aromatic carbocycles. The van der Waals surface area contributed by atoms with E-state index in [1.165, 1.54) is 11.6 Å². The second kappa shape index (κ2) is 9.32. The van der Waals surface area contributed by atoms with Gasteiger partial charge in [0.15, 0.2) is 5.65 Å². The fourth-order valence-electron chi connectivity index (χ4n) is 4.12. The first-order valence-electron chi connectivity index (χ1n) is 11.0. The molecule has 1 aliphatic heterocycles. The van der Waals surface area contributed by atoms with E-state index in [9.17, 15) is 4.39 Å². The van der Waals surface area contributed by atoms with Gasteiger partial charge in [-0.1, -0.05) is 42.5 Å². The Bertz CT molecular complexity index is 1190. The zero-order valence-corrected chi connectivity index (χ0v) is 17.8. The third kappa shape index (κ3) is 4.40. The summed E-state index contributed by atoms with van der Waals surface area (Å²) in [4.78, 5) is 13.9. The maximum atomic E-state index is 14.3. The molecule has 4 aromatic rings. The molecule has 0 radical (unpaired) electrons. The maximum Gasteiger partial charge on any atom is 0.224 e. The number of hydrogen-bond donors (Lipinski definition) is 3. The molecule has 8 heteroatoms. The van der Waals surface area contributed by atoms with Gasteiger partial charge in [0, 0.05) is 12.6 Å². The van der Waals surface area contributed by atoms with Crippen LogP contribution in [0.25, 0.3) is 11.2 Å². The van der Waals surface area contributed by atoms with Gasteiger partial charge in [0.2, 0.25) is 11.9 Å². The third-order valence-electron chi connectivity index (χ3n) is 5.77. The molecule has 0 aliphatic carbocycles. The molecule has 2 aromatic heterocycles. The van der Waals surface area contributed by atoms with E-state index in [2.05, 4.69) is 37.6 Å². The molecule has 0 spiro atoms. The molecule has 3 N–H and O–H groups in total. The molecular weight excluding hydrogens is 405 g/mol.